The van der Waals surface area contributed by atoms with Crippen molar-refractivity contribution in [3.05, 3.63) is 40.3 Å². The van der Waals surface area contributed by atoms with Crippen LogP contribution in [0.1, 0.15) is 47.5 Å². The molecule has 3 amide bonds. The first-order valence-electron chi connectivity index (χ1n) is 10.6. The monoisotopic (exact) mass is 493 g/mol. The van der Waals surface area contributed by atoms with E-state index in [1.165, 1.54) is 18.3 Å². The topological polar surface area (TPSA) is 145 Å². The number of fused-ring (bicyclic) bond motifs is 1. The average Bonchev–Trinajstić information content (AvgIpc) is 3.12. The Hall–Kier alpha value is -2.92. The lowest BCUT2D eigenvalue weighted by molar-refractivity contribution is -0.115. The molecule has 0 fully saturated rings. The molecule has 1 aromatic heterocycles. The summed E-state index contributed by atoms with van der Waals surface area (Å²) in [6.45, 7) is 3.56. The number of aryl methyl sites for hydroxylation is 1. The van der Waals surface area contributed by atoms with Crippen LogP contribution in [-0.4, -0.2) is 43.7 Å². The molecule has 0 aliphatic heterocycles. The number of nitrogens with one attached hydrogen (secondary N) is 2. The van der Waals surface area contributed by atoms with Crippen LogP contribution >= 0.6 is 11.3 Å². The molecule has 33 heavy (non-hydrogen) atoms. The van der Waals surface area contributed by atoms with E-state index in [0.717, 1.165) is 29.7 Å². The minimum absolute atomic E-state index is 0.251. The van der Waals surface area contributed by atoms with Gasteiger partial charge < -0.3 is 21.1 Å². The fourth-order valence-corrected chi connectivity index (χ4v) is 5.97. The molecule has 0 bridgehead atoms. The van der Waals surface area contributed by atoms with Crippen molar-refractivity contribution in [2.45, 2.75) is 44.8 Å². The van der Waals surface area contributed by atoms with Crippen molar-refractivity contribution in [3.63, 3.8) is 0 Å². The van der Waals surface area contributed by atoms with Gasteiger partial charge in [0.15, 0.2) is 9.84 Å². The number of carbonyl (C=O) groups is 3. The zero-order valence-electron chi connectivity index (χ0n) is 18.5. The molecule has 1 unspecified atom stereocenters. The van der Waals surface area contributed by atoms with E-state index >= 15 is 0 Å². The number of nitrogens with two attached hydrogens (primary N) is 1. The Morgan fingerprint density at radius 3 is 2.42 bits per heavy atom. The molecular weight excluding hydrogens is 466 g/mol. The van der Waals surface area contributed by atoms with E-state index in [-0.39, 0.29) is 10.6 Å². The van der Waals surface area contributed by atoms with E-state index in [4.69, 9.17) is 10.5 Å². The van der Waals surface area contributed by atoms with E-state index in [1.54, 1.807) is 24.3 Å². The number of hydrogen-bond donors (Lipinski definition) is 3. The summed E-state index contributed by atoms with van der Waals surface area (Å²) in [6, 6.07) is 6.49. The van der Waals surface area contributed by atoms with Gasteiger partial charge in [0.2, 0.25) is 11.8 Å². The molecule has 2 aromatic rings. The molecule has 0 spiro atoms. The first-order valence-corrected chi connectivity index (χ1v) is 13.1. The first kappa shape index (κ1) is 24.7. The van der Waals surface area contributed by atoms with Gasteiger partial charge in [-0.1, -0.05) is 0 Å². The summed E-state index contributed by atoms with van der Waals surface area (Å²) in [7, 11) is -4.11. The van der Waals surface area contributed by atoms with Crippen molar-refractivity contribution in [1.82, 2.24) is 0 Å². The molecular formula is C22H27N3O6S2. The van der Waals surface area contributed by atoms with E-state index in [9.17, 15) is 22.8 Å². The van der Waals surface area contributed by atoms with Crippen molar-refractivity contribution in [2.24, 2.45) is 5.73 Å². The van der Waals surface area contributed by atoms with Crippen LogP contribution in [0, 0.1) is 0 Å². The molecule has 1 heterocycles. The van der Waals surface area contributed by atoms with Gasteiger partial charge in [-0.05, 0) is 69.4 Å². The molecule has 0 radical (unpaired) electrons. The van der Waals surface area contributed by atoms with Gasteiger partial charge in [0.05, 0.1) is 12.2 Å². The number of primary amides is 1. The molecule has 1 atom stereocenters. The van der Waals surface area contributed by atoms with Gasteiger partial charge in [0.1, 0.15) is 21.8 Å². The lowest BCUT2D eigenvalue weighted by Gasteiger charge is -2.14. The van der Waals surface area contributed by atoms with Crippen LogP contribution in [0.5, 0.6) is 5.75 Å². The van der Waals surface area contributed by atoms with Crippen LogP contribution in [-0.2, 0) is 32.3 Å². The number of benzene rings is 1. The molecule has 11 heteroatoms. The van der Waals surface area contributed by atoms with Crippen LogP contribution in [0.15, 0.2) is 24.3 Å². The van der Waals surface area contributed by atoms with Crippen LogP contribution in [0.25, 0.3) is 0 Å². The Morgan fingerprint density at radius 1 is 1.12 bits per heavy atom. The van der Waals surface area contributed by atoms with Gasteiger partial charge in [0, 0.05) is 10.6 Å². The normalized spacial score (nSPS) is 14.1. The van der Waals surface area contributed by atoms with Gasteiger partial charge in [0.25, 0.3) is 5.91 Å². The highest BCUT2D eigenvalue weighted by Crippen LogP contribution is 2.38. The first-order chi connectivity index (χ1) is 15.6. The Labute approximate surface area is 196 Å². The molecule has 0 saturated carbocycles. The zero-order chi connectivity index (χ0) is 24.2. The molecule has 178 valence electrons. The van der Waals surface area contributed by atoms with Crippen LogP contribution < -0.4 is 21.1 Å². The van der Waals surface area contributed by atoms with Crippen LogP contribution in [0.3, 0.4) is 0 Å². The fourth-order valence-electron chi connectivity index (χ4n) is 3.60. The van der Waals surface area contributed by atoms with Gasteiger partial charge in [-0.25, -0.2) is 8.42 Å². The Bertz CT molecular complexity index is 1160. The number of sulfone groups is 1. The third-order valence-corrected chi connectivity index (χ3v) is 8.51. The maximum Gasteiger partial charge on any atom is 0.251 e. The molecule has 0 saturated heterocycles. The second kappa shape index (κ2) is 10.3. The van der Waals surface area contributed by atoms with Gasteiger partial charge in [-0.15, -0.1) is 11.3 Å². The smallest absolute Gasteiger partial charge is 0.251 e. The van der Waals surface area contributed by atoms with Crippen molar-refractivity contribution in [2.75, 3.05) is 23.0 Å². The SMILES string of the molecule is CCOc1ccc(NC(=O)CS(=O)(=O)C(C)C(=O)Nc2sc3c(c2C(N)=O)CCCC3)cc1. The van der Waals surface area contributed by atoms with Gasteiger partial charge in [-0.2, -0.15) is 0 Å². The molecule has 1 aliphatic carbocycles. The Balaban J connectivity index is 1.66. The molecule has 1 aromatic carbocycles. The number of amides is 3. The predicted octanol–water partition coefficient (Wildman–Crippen LogP) is 2.50. The van der Waals surface area contributed by atoms with Crippen molar-refractivity contribution in [1.29, 1.82) is 0 Å². The Kier molecular flexibility index (Phi) is 7.75. The largest absolute Gasteiger partial charge is 0.494 e. The van der Waals surface area contributed by atoms with E-state index in [1.807, 2.05) is 6.92 Å². The lowest BCUT2D eigenvalue weighted by Crippen LogP contribution is -2.37. The molecule has 1 aliphatic rings. The second-order valence-electron chi connectivity index (χ2n) is 7.72. The van der Waals surface area contributed by atoms with E-state index in [2.05, 4.69) is 10.6 Å². The van der Waals surface area contributed by atoms with Crippen LogP contribution in [0.2, 0.25) is 0 Å². The minimum Gasteiger partial charge on any atom is -0.494 e. The fraction of sp³-hybridized carbons (Fsp3) is 0.409. The number of carbonyl (C=O) groups excluding carboxylic acids is 3. The highest BCUT2D eigenvalue weighted by atomic mass is 32.2. The summed E-state index contributed by atoms with van der Waals surface area (Å²) < 4.78 is 30.7. The summed E-state index contributed by atoms with van der Waals surface area (Å²) in [6.07, 6.45) is 3.38. The Morgan fingerprint density at radius 2 is 1.79 bits per heavy atom. The number of anilines is 2. The molecule has 9 nitrogen and oxygen atoms in total. The third-order valence-electron chi connectivity index (χ3n) is 5.34. The minimum atomic E-state index is -4.11. The second-order valence-corrected chi connectivity index (χ2v) is 11.2. The predicted molar refractivity (Wildman–Crippen MR) is 128 cm³/mol. The summed E-state index contributed by atoms with van der Waals surface area (Å²) in [4.78, 5) is 38.0. The maximum atomic E-state index is 12.7. The molecule has 4 N–H and O–H groups in total. The van der Waals surface area contributed by atoms with Crippen molar-refractivity contribution < 1.29 is 27.5 Å². The van der Waals surface area contributed by atoms with Gasteiger partial charge >= 0.3 is 0 Å². The van der Waals surface area contributed by atoms with Crippen LogP contribution in [0.4, 0.5) is 10.7 Å². The third kappa shape index (κ3) is 5.91. The van der Waals surface area contributed by atoms with Gasteiger partial charge in [-0.3, -0.25) is 14.4 Å². The summed E-state index contributed by atoms with van der Waals surface area (Å²) in [5.41, 5.74) is 7.02. The van der Waals surface area contributed by atoms with E-state index in [0.29, 0.717) is 24.5 Å². The average molecular weight is 494 g/mol. The summed E-state index contributed by atoms with van der Waals surface area (Å²) in [5, 5.41) is 3.82. The summed E-state index contributed by atoms with van der Waals surface area (Å²) >= 11 is 1.25. The van der Waals surface area contributed by atoms with Crippen molar-refractivity contribution >= 4 is 49.6 Å². The lowest BCUT2D eigenvalue weighted by atomic mass is 9.95. The number of hydrogen-bond acceptors (Lipinski definition) is 7. The number of ether oxygens (including phenoxy) is 1. The maximum absolute atomic E-state index is 12.7. The standard InChI is InChI=1S/C22H27N3O6S2/c1-3-31-15-10-8-14(9-11-15)24-18(26)12-33(29,30)13(2)21(28)25-22-19(20(23)27)16-6-4-5-7-17(16)32-22/h8-11,13H,3-7,12H2,1-2H3,(H2,23,27)(H,24,26)(H,25,28). The highest BCUT2D eigenvalue weighted by molar-refractivity contribution is 7.93. The summed E-state index contributed by atoms with van der Waals surface area (Å²) in [5.74, 6) is -2.47. The van der Waals surface area contributed by atoms with E-state index < -0.39 is 38.6 Å². The van der Waals surface area contributed by atoms with Crippen molar-refractivity contribution in [3.8, 4) is 5.75 Å². The quantitative estimate of drug-likeness (QED) is 0.489. The molecule has 3 rings (SSSR count). The number of thiophene rings is 1. The number of rotatable bonds is 9. The highest BCUT2D eigenvalue weighted by Gasteiger charge is 2.32. The zero-order valence-corrected chi connectivity index (χ0v) is 20.1.